The number of urea groups is 2. The van der Waals surface area contributed by atoms with Gasteiger partial charge in [0, 0.05) is 24.5 Å². The van der Waals surface area contributed by atoms with E-state index >= 15 is 0 Å². The fourth-order valence-electron chi connectivity index (χ4n) is 2.76. The molecule has 0 spiro atoms. The van der Waals surface area contributed by atoms with Crippen LogP contribution >= 0.6 is 0 Å². The van der Waals surface area contributed by atoms with Crippen molar-refractivity contribution in [3.63, 3.8) is 0 Å². The van der Waals surface area contributed by atoms with Crippen LogP contribution in [0, 0.1) is 0 Å². The summed E-state index contributed by atoms with van der Waals surface area (Å²) < 4.78 is 0. The predicted octanol–water partition coefficient (Wildman–Crippen LogP) is 5.12. The van der Waals surface area contributed by atoms with E-state index in [2.05, 4.69) is 35.1 Å². The molecule has 0 aromatic heterocycles. The average Bonchev–Trinajstić information content (AvgIpc) is 2.71. The number of amides is 4. The Kier molecular flexibility index (Phi) is 9.55. The monoisotopic (exact) mass is 396 g/mol. The van der Waals surface area contributed by atoms with E-state index in [0.29, 0.717) is 13.1 Å². The van der Waals surface area contributed by atoms with Crippen LogP contribution in [0.25, 0.3) is 0 Å². The topological polar surface area (TPSA) is 82.3 Å². The van der Waals surface area contributed by atoms with Crippen molar-refractivity contribution in [3.8, 4) is 0 Å². The first kappa shape index (κ1) is 22.3. The van der Waals surface area contributed by atoms with Crippen molar-refractivity contribution in [1.82, 2.24) is 10.6 Å². The summed E-state index contributed by atoms with van der Waals surface area (Å²) in [4.78, 5) is 23.6. The maximum Gasteiger partial charge on any atom is 0.319 e. The van der Waals surface area contributed by atoms with Crippen LogP contribution in [-0.2, 0) is 6.42 Å². The minimum Gasteiger partial charge on any atom is -0.338 e. The Labute approximate surface area is 173 Å². The van der Waals surface area contributed by atoms with Crippen LogP contribution in [0.2, 0.25) is 0 Å². The molecule has 4 N–H and O–H groups in total. The second kappa shape index (κ2) is 12.4. The molecule has 0 saturated heterocycles. The summed E-state index contributed by atoms with van der Waals surface area (Å²) in [5, 5.41) is 11.3. The molecule has 4 amide bonds. The quantitative estimate of drug-likeness (QED) is 0.420. The Hall–Kier alpha value is -3.02. The summed E-state index contributed by atoms with van der Waals surface area (Å²) >= 11 is 0. The second-order valence-electron chi connectivity index (χ2n) is 7.04. The van der Waals surface area contributed by atoms with Crippen molar-refractivity contribution < 1.29 is 9.59 Å². The third kappa shape index (κ3) is 8.68. The highest BCUT2D eigenvalue weighted by molar-refractivity contribution is 5.89. The molecule has 2 rings (SSSR count). The van der Waals surface area contributed by atoms with E-state index in [1.54, 1.807) is 0 Å². The van der Waals surface area contributed by atoms with E-state index in [-0.39, 0.29) is 12.1 Å². The molecule has 0 aliphatic heterocycles. The summed E-state index contributed by atoms with van der Waals surface area (Å²) in [6.45, 7) is 5.55. The minimum absolute atomic E-state index is 0.173. The van der Waals surface area contributed by atoms with Gasteiger partial charge in [-0.05, 0) is 54.7 Å². The molecule has 156 valence electrons. The van der Waals surface area contributed by atoms with Gasteiger partial charge in [0.05, 0.1) is 0 Å². The van der Waals surface area contributed by atoms with E-state index in [4.69, 9.17) is 0 Å². The summed E-state index contributed by atoms with van der Waals surface area (Å²) in [6, 6.07) is 15.3. The lowest BCUT2D eigenvalue weighted by molar-refractivity contribution is 0.251. The Morgan fingerprint density at radius 3 is 1.38 bits per heavy atom. The van der Waals surface area contributed by atoms with Gasteiger partial charge in [-0.15, -0.1) is 0 Å². The Morgan fingerprint density at radius 1 is 0.655 bits per heavy atom. The molecule has 6 nitrogen and oxygen atoms in total. The number of benzene rings is 2. The summed E-state index contributed by atoms with van der Waals surface area (Å²) in [7, 11) is 0. The van der Waals surface area contributed by atoms with Gasteiger partial charge in [0.15, 0.2) is 0 Å². The van der Waals surface area contributed by atoms with Crippen molar-refractivity contribution in [2.75, 3.05) is 23.7 Å². The fourth-order valence-corrected chi connectivity index (χ4v) is 2.76. The van der Waals surface area contributed by atoms with Gasteiger partial charge in [-0.3, -0.25) is 0 Å². The number of carbonyl (C=O) groups excluding carboxylic acids is 2. The Bertz CT molecular complexity index is 692. The molecule has 0 fully saturated rings. The fraction of sp³-hybridized carbons (Fsp3) is 0.391. The number of unbranched alkanes of at least 4 members (excludes halogenated alkanes) is 2. The molecule has 0 unspecified atom stereocenters. The number of carbonyl (C=O) groups is 2. The number of hydrogen-bond acceptors (Lipinski definition) is 2. The zero-order chi connectivity index (χ0) is 20.9. The van der Waals surface area contributed by atoms with E-state index in [0.717, 1.165) is 54.6 Å². The minimum atomic E-state index is -0.173. The van der Waals surface area contributed by atoms with Crippen LogP contribution in [0.5, 0.6) is 0 Å². The molecular weight excluding hydrogens is 364 g/mol. The summed E-state index contributed by atoms with van der Waals surface area (Å²) in [6.07, 6.45) is 4.84. The average molecular weight is 397 g/mol. The molecule has 0 heterocycles. The van der Waals surface area contributed by atoms with Gasteiger partial charge >= 0.3 is 12.1 Å². The highest BCUT2D eigenvalue weighted by Crippen LogP contribution is 2.16. The molecule has 29 heavy (non-hydrogen) atoms. The van der Waals surface area contributed by atoms with Crippen molar-refractivity contribution in [3.05, 3.63) is 59.7 Å². The van der Waals surface area contributed by atoms with Crippen molar-refractivity contribution in [2.24, 2.45) is 0 Å². The molecule has 0 saturated carbocycles. The van der Waals surface area contributed by atoms with Crippen molar-refractivity contribution in [2.45, 2.75) is 46.0 Å². The Balaban J connectivity index is 1.80. The summed E-state index contributed by atoms with van der Waals surface area (Å²) in [5.74, 6) is 0. The van der Waals surface area contributed by atoms with E-state index < -0.39 is 0 Å². The zero-order valence-electron chi connectivity index (χ0n) is 17.4. The van der Waals surface area contributed by atoms with Crippen LogP contribution < -0.4 is 21.3 Å². The molecule has 2 aromatic carbocycles. The van der Waals surface area contributed by atoms with Crippen LogP contribution in [0.3, 0.4) is 0 Å². The highest BCUT2D eigenvalue weighted by Gasteiger charge is 2.03. The molecule has 2 aromatic rings. The first-order valence-electron chi connectivity index (χ1n) is 10.4. The highest BCUT2D eigenvalue weighted by atomic mass is 16.2. The normalized spacial score (nSPS) is 10.3. The molecule has 6 heteroatoms. The maximum atomic E-state index is 11.8. The van der Waals surface area contributed by atoms with Gasteiger partial charge in [0.2, 0.25) is 0 Å². The van der Waals surface area contributed by atoms with Gasteiger partial charge in [-0.2, -0.15) is 0 Å². The number of hydrogen-bond donors (Lipinski definition) is 4. The van der Waals surface area contributed by atoms with E-state index in [1.807, 2.05) is 48.5 Å². The van der Waals surface area contributed by atoms with Gasteiger partial charge < -0.3 is 21.3 Å². The van der Waals surface area contributed by atoms with Gasteiger partial charge in [0.25, 0.3) is 0 Å². The SMILES string of the molecule is CCCCNC(=O)Nc1ccc(Cc2ccc(NC(=O)NCCCC)cc2)cc1. The number of nitrogens with one attached hydrogen (secondary N) is 4. The lowest BCUT2D eigenvalue weighted by atomic mass is 10.0. The maximum absolute atomic E-state index is 11.8. The Morgan fingerprint density at radius 2 is 1.03 bits per heavy atom. The van der Waals surface area contributed by atoms with Gasteiger partial charge in [-0.1, -0.05) is 51.0 Å². The first-order valence-corrected chi connectivity index (χ1v) is 10.4. The molecule has 0 atom stereocenters. The van der Waals surface area contributed by atoms with Crippen LogP contribution in [0.4, 0.5) is 21.0 Å². The summed E-state index contributed by atoms with van der Waals surface area (Å²) in [5.41, 5.74) is 3.85. The lowest BCUT2D eigenvalue weighted by Crippen LogP contribution is -2.29. The van der Waals surface area contributed by atoms with E-state index in [1.165, 1.54) is 0 Å². The predicted molar refractivity (Wildman–Crippen MR) is 120 cm³/mol. The van der Waals surface area contributed by atoms with Gasteiger partial charge in [0.1, 0.15) is 0 Å². The van der Waals surface area contributed by atoms with E-state index in [9.17, 15) is 9.59 Å². The lowest BCUT2D eigenvalue weighted by Gasteiger charge is -2.09. The second-order valence-corrected chi connectivity index (χ2v) is 7.04. The molecule has 0 radical (unpaired) electrons. The smallest absolute Gasteiger partial charge is 0.319 e. The number of anilines is 2. The van der Waals surface area contributed by atoms with Crippen LogP contribution in [-0.4, -0.2) is 25.2 Å². The van der Waals surface area contributed by atoms with Crippen molar-refractivity contribution >= 4 is 23.4 Å². The molecule has 0 aliphatic carbocycles. The van der Waals surface area contributed by atoms with Crippen molar-refractivity contribution in [1.29, 1.82) is 0 Å². The van der Waals surface area contributed by atoms with Crippen LogP contribution in [0.15, 0.2) is 48.5 Å². The molecular formula is C23H32N4O2. The zero-order valence-corrected chi connectivity index (χ0v) is 17.4. The molecule has 0 bridgehead atoms. The third-order valence-corrected chi connectivity index (χ3v) is 4.46. The first-order chi connectivity index (χ1) is 14.1. The van der Waals surface area contributed by atoms with Gasteiger partial charge in [-0.25, -0.2) is 9.59 Å². The number of rotatable bonds is 10. The standard InChI is InChI=1S/C23H32N4O2/c1-3-5-15-24-22(28)26-20-11-7-18(8-12-20)17-19-9-13-21(14-10-19)27-23(29)25-16-6-4-2/h7-14H,3-6,15-17H2,1-2H3,(H2,24,26,28)(H2,25,27,29). The largest absolute Gasteiger partial charge is 0.338 e. The van der Waals surface area contributed by atoms with Crippen LogP contribution in [0.1, 0.15) is 50.7 Å². The third-order valence-electron chi connectivity index (χ3n) is 4.46. The molecule has 0 aliphatic rings.